The number of rotatable bonds is 6. The standard InChI is InChI=1S/C31H25N5O3S/c1-19(2)39-25-15-14-22(16-20(25)3)27-23(18-35(33-27)24-12-8-5-9-13-24)17-26-30(38)36-31(40-26)32-29(37)28(34-36)21-10-6-4-7-11-21/h4-19H,1-3H3/b26-17-. The van der Waals surface area contributed by atoms with Crippen molar-refractivity contribution < 1.29 is 4.74 Å². The van der Waals surface area contributed by atoms with E-state index < -0.39 is 5.56 Å². The summed E-state index contributed by atoms with van der Waals surface area (Å²) in [6, 6.07) is 24.7. The highest BCUT2D eigenvalue weighted by molar-refractivity contribution is 7.15. The minimum absolute atomic E-state index is 0.0610. The van der Waals surface area contributed by atoms with Gasteiger partial charge in [-0.05, 0) is 62.7 Å². The zero-order chi connectivity index (χ0) is 27.8. The van der Waals surface area contributed by atoms with E-state index in [0.717, 1.165) is 39.5 Å². The van der Waals surface area contributed by atoms with Gasteiger partial charge < -0.3 is 4.74 Å². The van der Waals surface area contributed by atoms with Crippen molar-refractivity contribution in [1.82, 2.24) is 24.4 Å². The van der Waals surface area contributed by atoms with E-state index in [4.69, 9.17) is 9.84 Å². The van der Waals surface area contributed by atoms with E-state index >= 15 is 0 Å². The number of fused-ring (bicyclic) bond motifs is 1. The van der Waals surface area contributed by atoms with Gasteiger partial charge in [0, 0.05) is 22.9 Å². The summed E-state index contributed by atoms with van der Waals surface area (Å²) < 4.78 is 9.31. The molecule has 6 rings (SSSR count). The highest BCUT2D eigenvalue weighted by Gasteiger charge is 2.16. The van der Waals surface area contributed by atoms with E-state index in [0.29, 0.717) is 15.8 Å². The maximum absolute atomic E-state index is 13.4. The molecule has 0 atom stereocenters. The molecule has 0 amide bonds. The first-order chi connectivity index (χ1) is 19.4. The molecule has 3 aromatic heterocycles. The number of hydrogen-bond acceptors (Lipinski definition) is 7. The van der Waals surface area contributed by atoms with Crippen LogP contribution in [0.25, 0.3) is 39.2 Å². The van der Waals surface area contributed by atoms with Gasteiger partial charge in [-0.3, -0.25) is 9.59 Å². The van der Waals surface area contributed by atoms with Crippen molar-refractivity contribution in [3.05, 3.63) is 121 Å². The van der Waals surface area contributed by atoms with E-state index in [1.165, 1.54) is 4.52 Å². The van der Waals surface area contributed by atoms with E-state index in [1.807, 2.05) is 93.7 Å². The maximum Gasteiger partial charge on any atom is 0.300 e. The van der Waals surface area contributed by atoms with Crippen molar-refractivity contribution in [1.29, 1.82) is 0 Å². The van der Waals surface area contributed by atoms with Gasteiger partial charge in [0.05, 0.1) is 16.3 Å². The number of para-hydroxylation sites is 1. The first-order valence-electron chi connectivity index (χ1n) is 12.8. The molecule has 0 saturated heterocycles. The second-order valence-corrected chi connectivity index (χ2v) is 10.6. The third-order valence-electron chi connectivity index (χ3n) is 6.29. The molecule has 0 radical (unpaired) electrons. The lowest BCUT2D eigenvalue weighted by Crippen LogP contribution is -2.26. The lowest BCUT2D eigenvalue weighted by Gasteiger charge is -2.13. The van der Waals surface area contributed by atoms with Crippen molar-refractivity contribution in [3.63, 3.8) is 0 Å². The van der Waals surface area contributed by atoms with E-state index in [9.17, 15) is 9.59 Å². The van der Waals surface area contributed by atoms with Gasteiger partial charge in [-0.25, -0.2) is 4.68 Å². The van der Waals surface area contributed by atoms with Gasteiger partial charge in [-0.1, -0.05) is 59.9 Å². The van der Waals surface area contributed by atoms with Crippen molar-refractivity contribution in [3.8, 4) is 34.0 Å². The average molecular weight is 548 g/mol. The molecule has 0 N–H and O–H groups in total. The Kier molecular flexibility index (Phi) is 6.57. The zero-order valence-electron chi connectivity index (χ0n) is 22.1. The molecule has 3 heterocycles. The SMILES string of the molecule is Cc1cc(-c2nn(-c3ccccc3)cc2/C=c2\sc3nc(=O)c(-c4ccccc4)nn3c2=O)ccc1OC(C)C. The van der Waals surface area contributed by atoms with Crippen molar-refractivity contribution in [2.45, 2.75) is 26.9 Å². The molecule has 0 aliphatic rings. The number of ether oxygens (including phenoxy) is 1. The fourth-order valence-corrected chi connectivity index (χ4v) is 5.34. The summed E-state index contributed by atoms with van der Waals surface area (Å²) in [5, 5.41) is 9.26. The summed E-state index contributed by atoms with van der Waals surface area (Å²) >= 11 is 1.12. The van der Waals surface area contributed by atoms with Crippen LogP contribution in [-0.2, 0) is 0 Å². The van der Waals surface area contributed by atoms with Gasteiger partial charge in [-0.15, -0.1) is 0 Å². The predicted octanol–water partition coefficient (Wildman–Crippen LogP) is 4.67. The minimum Gasteiger partial charge on any atom is -0.491 e. The molecule has 0 spiro atoms. The van der Waals surface area contributed by atoms with E-state index in [1.54, 1.807) is 22.9 Å². The molecule has 0 aliphatic heterocycles. The molecule has 0 saturated carbocycles. The van der Waals surface area contributed by atoms with Crippen LogP contribution >= 0.6 is 11.3 Å². The van der Waals surface area contributed by atoms with Crippen molar-refractivity contribution >= 4 is 22.4 Å². The third kappa shape index (κ3) is 4.83. The third-order valence-corrected chi connectivity index (χ3v) is 7.25. The molecular weight excluding hydrogens is 522 g/mol. The average Bonchev–Trinajstić information content (AvgIpc) is 3.51. The van der Waals surface area contributed by atoms with Gasteiger partial charge in [0.25, 0.3) is 5.56 Å². The van der Waals surface area contributed by atoms with Gasteiger partial charge in [0.2, 0.25) is 4.96 Å². The fourth-order valence-electron chi connectivity index (χ4n) is 4.44. The number of aromatic nitrogens is 5. The summed E-state index contributed by atoms with van der Waals surface area (Å²) in [6.45, 7) is 5.99. The molecule has 8 nitrogen and oxygen atoms in total. The second-order valence-electron chi connectivity index (χ2n) is 9.60. The van der Waals surface area contributed by atoms with Crippen LogP contribution in [0.15, 0.2) is 94.6 Å². The fraction of sp³-hybridized carbons (Fsp3) is 0.129. The van der Waals surface area contributed by atoms with Crippen molar-refractivity contribution in [2.24, 2.45) is 0 Å². The van der Waals surface area contributed by atoms with Crippen LogP contribution in [-0.4, -0.2) is 30.5 Å². The number of benzene rings is 3. The first-order valence-corrected chi connectivity index (χ1v) is 13.6. The summed E-state index contributed by atoms with van der Waals surface area (Å²) in [5.41, 5.74) is 4.14. The Bertz CT molecular complexity index is 2010. The predicted molar refractivity (Wildman–Crippen MR) is 157 cm³/mol. The van der Waals surface area contributed by atoms with E-state index in [2.05, 4.69) is 10.1 Å². The topological polar surface area (TPSA) is 91.4 Å². The van der Waals surface area contributed by atoms with Crippen LogP contribution in [0.2, 0.25) is 0 Å². The molecule has 198 valence electrons. The molecule has 3 aromatic carbocycles. The largest absolute Gasteiger partial charge is 0.491 e. The summed E-state index contributed by atoms with van der Waals surface area (Å²) in [7, 11) is 0. The molecule has 0 unspecified atom stereocenters. The first kappa shape index (κ1) is 25.4. The maximum atomic E-state index is 13.4. The number of aryl methyl sites for hydroxylation is 1. The lowest BCUT2D eigenvalue weighted by atomic mass is 10.0. The Hall–Kier alpha value is -4.89. The van der Waals surface area contributed by atoms with Gasteiger partial charge in [0.1, 0.15) is 11.4 Å². The van der Waals surface area contributed by atoms with Crippen LogP contribution in [0.5, 0.6) is 5.75 Å². The Morgan fingerprint density at radius 2 is 1.60 bits per heavy atom. The molecule has 0 fully saturated rings. The number of nitrogens with zero attached hydrogens (tertiary/aromatic N) is 5. The number of hydrogen-bond donors (Lipinski definition) is 0. The Balaban J connectivity index is 1.52. The minimum atomic E-state index is -0.476. The van der Waals surface area contributed by atoms with Gasteiger partial charge >= 0.3 is 5.56 Å². The monoisotopic (exact) mass is 547 g/mol. The second kappa shape index (κ2) is 10.3. The highest BCUT2D eigenvalue weighted by atomic mass is 32.1. The molecule has 6 aromatic rings. The zero-order valence-corrected chi connectivity index (χ0v) is 22.9. The molecular formula is C31H25N5O3S. The van der Waals surface area contributed by atoms with Gasteiger partial charge in [-0.2, -0.15) is 19.7 Å². The Morgan fingerprint density at radius 3 is 2.30 bits per heavy atom. The smallest absolute Gasteiger partial charge is 0.300 e. The summed E-state index contributed by atoms with van der Waals surface area (Å²) in [4.78, 5) is 30.6. The Morgan fingerprint density at radius 1 is 0.875 bits per heavy atom. The van der Waals surface area contributed by atoms with Crippen LogP contribution < -0.4 is 20.4 Å². The quantitative estimate of drug-likeness (QED) is 0.301. The lowest BCUT2D eigenvalue weighted by molar-refractivity contribution is 0.241. The van der Waals surface area contributed by atoms with Crippen LogP contribution in [0.1, 0.15) is 25.0 Å². The van der Waals surface area contributed by atoms with Crippen molar-refractivity contribution in [2.75, 3.05) is 0 Å². The van der Waals surface area contributed by atoms with Crippen LogP contribution in [0, 0.1) is 6.92 Å². The number of thiazole rings is 1. The summed E-state index contributed by atoms with van der Waals surface area (Å²) in [5.74, 6) is 0.814. The van der Waals surface area contributed by atoms with Crippen LogP contribution in [0.4, 0.5) is 0 Å². The normalized spacial score (nSPS) is 11.9. The molecule has 40 heavy (non-hydrogen) atoms. The molecule has 9 heteroatoms. The molecule has 0 aliphatic carbocycles. The summed E-state index contributed by atoms with van der Waals surface area (Å²) in [6.07, 6.45) is 3.74. The van der Waals surface area contributed by atoms with E-state index in [-0.39, 0.29) is 22.3 Å². The van der Waals surface area contributed by atoms with Gasteiger partial charge in [0.15, 0.2) is 5.69 Å². The Labute approximate surface area is 233 Å². The van der Waals surface area contributed by atoms with Crippen LogP contribution in [0.3, 0.4) is 0 Å². The molecule has 0 bridgehead atoms. The highest BCUT2D eigenvalue weighted by Crippen LogP contribution is 2.29.